The molecule has 0 saturated carbocycles. The molecule has 0 aromatic heterocycles. The molecule has 4 aromatic carbocycles. The van der Waals surface area contributed by atoms with Gasteiger partial charge in [-0.2, -0.15) is 0 Å². The first kappa shape index (κ1) is 15.2. The van der Waals surface area contributed by atoms with Crippen LogP contribution in [0.4, 0.5) is 5.69 Å². The molecule has 1 radical (unpaired) electrons. The topological polar surface area (TPSA) is 31.9 Å². The zero-order chi connectivity index (χ0) is 16.5. The number of hydrogen-bond donors (Lipinski definition) is 1. The van der Waals surface area contributed by atoms with Gasteiger partial charge in [-0.15, -0.1) is 0 Å². The van der Waals surface area contributed by atoms with Crippen LogP contribution in [0.5, 0.6) is 0 Å². The van der Waals surface area contributed by atoms with Crippen molar-refractivity contribution in [3.8, 4) is 0 Å². The second kappa shape index (κ2) is 6.29. The first-order valence-electron chi connectivity index (χ1n) is 8.83. The lowest BCUT2D eigenvalue weighted by Crippen LogP contribution is -2.23. The molecular weight excluding hydrogens is 294 g/mol. The molecule has 0 heterocycles. The molecule has 1 N–H and O–H groups in total. The van der Waals surface area contributed by atoms with Crippen LogP contribution in [0.15, 0.2) is 54.6 Å². The molecule has 0 aliphatic heterocycles. The molecule has 2 nitrogen and oxygen atoms in total. The molecule has 0 bridgehead atoms. The maximum Gasteiger partial charge on any atom is 0.102 e. The Hall–Kier alpha value is -2.32. The summed E-state index contributed by atoms with van der Waals surface area (Å²) in [6, 6.07) is 19.5. The van der Waals surface area contributed by atoms with Crippen molar-refractivity contribution >= 4 is 38.0 Å². The number of unbranched alkanes of at least 4 members (excludes halogenated alkanes) is 1. The van der Waals surface area contributed by atoms with E-state index >= 15 is 0 Å². The predicted octanol–water partition coefficient (Wildman–Crippen LogP) is 5.99. The summed E-state index contributed by atoms with van der Waals surface area (Å²) in [5.74, 6) is 0. The Morgan fingerprint density at radius 1 is 0.875 bits per heavy atom. The van der Waals surface area contributed by atoms with Gasteiger partial charge in [-0.25, -0.2) is 5.11 Å². The zero-order valence-corrected chi connectivity index (χ0v) is 14.0. The van der Waals surface area contributed by atoms with Gasteiger partial charge in [0.1, 0.15) is 6.61 Å². The SMILES string of the molecule is CCCCC(C[O])Nc1ccc2ccc3cccc4ccc1c2c34. The normalized spacial score (nSPS) is 13.1. The van der Waals surface area contributed by atoms with Crippen molar-refractivity contribution < 1.29 is 5.11 Å². The van der Waals surface area contributed by atoms with Crippen LogP contribution in [0, 0.1) is 0 Å². The molecule has 4 aromatic rings. The summed E-state index contributed by atoms with van der Waals surface area (Å²) in [5.41, 5.74) is 1.08. The largest absolute Gasteiger partial charge is 0.379 e. The van der Waals surface area contributed by atoms with Crippen molar-refractivity contribution in [3.05, 3.63) is 54.6 Å². The molecule has 0 spiro atoms. The van der Waals surface area contributed by atoms with Gasteiger partial charge in [0, 0.05) is 11.1 Å². The second-order valence-electron chi connectivity index (χ2n) is 6.62. The highest BCUT2D eigenvalue weighted by atomic mass is 16.3. The highest BCUT2D eigenvalue weighted by Crippen LogP contribution is 2.37. The quantitative estimate of drug-likeness (QED) is 0.436. The van der Waals surface area contributed by atoms with E-state index in [1.165, 1.54) is 32.3 Å². The Morgan fingerprint density at radius 3 is 2.25 bits per heavy atom. The number of anilines is 1. The molecule has 1 unspecified atom stereocenters. The van der Waals surface area contributed by atoms with E-state index in [-0.39, 0.29) is 12.6 Å². The van der Waals surface area contributed by atoms with Crippen LogP contribution in [0.3, 0.4) is 0 Å². The van der Waals surface area contributed by atoms with Gasteiger partial charge in [-0.3, -0.25) is 0 Å². The third-order valence-electron chi connectivity index (χ3n) is 5.00. The van der Waals surface area contributed by atoms with Crippen LogP contribution >= 0.6 is 0 Å². The third-order valence-corrected chi connectivity index (χ3v) is 5.00. The van der Waals surface area contributed by atoms with E-state index < -0.39 is 0 Å². The van der Waals surface area contributed by atoms with Crippen molar-refractivity contribution in [3.63, 3.8) is 0 Å². The fourth-order valence-electron chi connectivity index (χ4n) is 3.73. The Bertz CT molecular complexity index is 960. The summed E-state index contributed by atoms with van der Waals surface area (Å²) in [7, 11) is 0. The van der Waals surface area contributed by atoms with Gasteiger partial charge < -0.3 is 5.32 Å². The van der Waals surface area contributed by atoms with Gasteiger partial charge in [-0.1, -0.05) is 68.3 Å². The van der Waals surface area contributed by atoms with E-state index in [1.54, 1.807) is 0 Å². The van der Waals surface area contributed by atoms with E-state index in [4.69, 9.17) is 0 Å². The van der Waals surface area contributed by atoms with Crippen LogP contribution < -0.4 is 5.32 Å². The van der Waals surface area contributed by atoms with Crippen LogP contribution in [-0.2, 0) is 5.11 Å². The van der Waals surface area contributed by atoms with E-state index in [2.05, 4.69) is 66.8 Å². The Balaban J connectivity index is 1.87. The van der Waals surface area contributed by atoms with Gasteiger partial charge in [-0.05, 0) is 39.4 Å². The number of benzene rings is 4. The molecule has 0 saturated heterocycles. The van der Waals surface area contributed by atoms with E-state index in [0.29, 0.717) is 0 Å². The Kier molecular flexibility index (Phi) is 3.99. The highest BCUT2D eigenvalue weighted by molar-refractivity contribution is 6.25. The second-order valence-corrected chi connectivity index (χ2v) is 6.62. The molecule has 24 heavy (non-hydrogen) atoms. The summed E-state index contributed by atoms with van der Waals surface area (Å²) in [5, 5.41) is 22.7. The van der Waals surface area contributed by atoms with E-state index in [9.17, 15) is 5.11 Å². The molecule has 0 fully saturated rings. The van der Waals surface area contributed by atoms with Gasteiger partial charge in [0.15, 0.2) is 0 Å². The molecule has 4 rings (SSSR count). The van der Waals surface area contributed by atoms with E-state index in [1.807, 2.05) is 0 Å². The number of hydrogen-bond acceptors (Lipinski definition) is 1. The van der Waals surface area contributed by atoms with Crippen LogP contribution in [-0.4, -0.2) is 12.6 Å². The monoisotopic (exact) mass is 316 g/mol. The van der Waals surface area contributed by atoms with E-state index in [0.717, 1.165) is 24.9 Å². The maximum absolute atomic E-state index is 11.5. The molecule has 121 valence electrons. The molecule has 0 amide bonds. The first-order valence-corrected chi connectivity index (χ1v) is 8.83. The van der Waals surface area contributed by atoms with Gasteiger partial charge in [0.25, 0.3) is 0 Å². The molecule has 2 heteroatoms. The molecule has 0 aliphatic rings. The average molecular weight is 316 g/mol. The Labute approximate surface area is 142 Å². The summed E-state index contributed by atoms with van der Waals surface area (Å²) in [6.45, 7) is 2.08. The lowest BCUT2D eigenvalue weighted by atomic mass is 9.93. The molecular formula is C22H22NO. The standard InChI is InChI=1S/C22H22NO/c1-2-3-7-18(14-24)23-20-13-11-17-9-8-15-5-4-6-16-10-12-19(20)22(17)21(15)16/h4-6,8-13,18,23H,2-3,7,14H2,1H3. The summed E-state index contributed by atoms with van der Waals surface area (Å²) < 4.78 is 0. The third kappa shape index (κ3) is 2.47. The fraction of sp³-hybridized carbons (Fsp3) is 0.273. The lowest BCUT2D eigenvalue weighted by Gasteiger charge is -2.20. The zero-order valence-electron chi connectivity index (χ0n) is 14.0. The van der Waals surface area contributed by atoms with Gasteiger partial charge >= 0.3 is 0 Å². The average Bonchev–Trinajstić information content (AvgIpc) is 2.64. The molecule has 1 atom stereocenters. The summed E-state index contributed by atoms with van der Waals surface area (Å²) >= 11 is 0. The number of rotatable bonds is 6. The van der Waals surface area contributed by atoms with Crippen LogP contribution in [0.2, 0.25) is 0 Å². The highest BCUT2D eigenvalue weighted by Gasteiger charge is 2.13. The fourth-order valence-corrected chi connectivity index (χ4v) is 3.73. The van der Waals surface area contributed by atoms with Crippen molar-refractivity contribution in [2.24, 2.45) is 0 Å². The van der Waals surface area contributed by atoms with Crippen molar-refractivity contribution in [1.82, 2.24) is 0 Å². The van der Waals surface area contributed by atoms with Gasteiger partial charge in [0.05, 0.1) is 6.04 Å². The van der Waals surface area contributed by atoms with Crippen molar-refractivity contribution in [2.45, 2.75) is 32.2 Å². The minimum Gasteiger partial charge on any atom is -0.379 e. The van der Waals surface area contributed by atoms with Crippen molar-refractivity contribution in [2.75, 3.05) is 11.9 Å². The first-order chi connectivity index (χ1) is 11.8. The Morgan fingerprint density at radius 2 is 1.54 bits per heavy atom. The number of nitrogens with one attached hydrogen (secondary N) is 1. The van der Waals surface area contributed by atoms with Gasteiger partial charge in [0.2, 0.25) is 0 Å². The minimum absolute atomic E-state index is 0.00317. The minimum atomic E-state index is -0.0814. The van der Waals surface area contributed by atoms with Crippen molar-refractivity contribution in [1.29, 1.82) is 0 Å². The predicted molar refractivity (Wildman–Crippen MR) is 103 cm³/mol. The smallest absolute Gasteiger partial charge is 0.102 e. The van der Waals surface area contributed by atoms with Crippen LogP contribution in [0.25, 0.3) is 32.3 Å². The summed E-state index contributed by atoms with van der Waals surface area (Å²) in [6.07, 6.45) is 3.14. The summed E-state index contributed by atoms with van der Waals surface area (Å²) in [4.78, 5) is 0. The molecule has 0 aliphatic carbocycles. The maximum atomic E-state index is 11.5. The lowest BCUT2D eigenvalue weighted by molar-refractivity contribution is 0.175. The van der Waals surface area contributed by atoms with Crippen LogP contribution in [0.1, 0.15) is 26.2 Å².